The molecule has 0 unspecified atom stereocenters. The maximum atomic E-state index is 8.46. The van der Waals surface area contributed by atoms with Gasteiger partial charge in [0.25, 0.3) is 0 Å². The zero-order chi connectivity index (χ0) is 2.71. The van der Waals surface area contributed by atoms with E-state index in [1.54, 1.807) is 0 Å². The van der Waals surface area contributed by atoms with Crippen molar-refractivity contribution in [1.82, 2.24) is 0 Å². The van der Waals surface area contributed by atoms with Crippen molar-refractivity contribution >= 4 is 8.69 Å². The number of hydrogen-bond donors (Lipinski definition) is 1. The van der Waals surface area contributed by atoms with Crippen molar-refractivity contribution in [3.63, 3.8) is 0 Å². The SMILES string of the molecule is O=PO.[Rh]. The average Bonchev–Trinajstić information content (AvgIpc) is 0.918. The van der Waals surface area contributed by atoms with Crippen molar-refractivity contribution in [3.8, 4) is 0 Å². The van der Waals surface area contributed by atoms with Gasteiger partial charge >= 0.3 is 8.69 Å². The van der Waals surface area contributed by atoms with Crippen LogP contribution in [0.3, 0.4) is 0 Å². The smallest absolute Gasteiger partial charge is 0.310 e. The van der Waals surface area contributed by atoms with Gasteiger partial charge in [0.15, 0.2) is 0 Å². The summed E-state index contributed by atoms with van der Waals surface area (Å²) in [6, 6.07) is 0. The topological polar surface area (TPSA) is 37.3 Å². The van der Waals surface area contributed by atoms with Crippen molar-refractivity contribution in [1.29, 1.82) is 0 Å². The number of rotatable bonds is 0. The second kappa shape index (κ2) is 9.36. The first kappa shape index (κ1) is 8.82. The number of hydrogen-bond acceptors (Lipinski definition) is 1. The third kappa shape index (κ3) is 16.3. The van der Waals surface area contributed by atoms with E-state index in [2.05, 4.69) is 0 Å². The fourth-order valence-electron chi connectivity index (χ4n) is 0. The molecule has 2 nitrogen and oxygen atoms in total. The Kier molecular flexibility index (Phi) is 20.6. The third-order valence-electron chi connectivity index (χ3n) is 0. The van der Waals surface area contributed by atoms with Gasteiger partial charge in [-0.25, -0.2) is 4.57 Å². The van der Waals surface area contributed by atoms with E-state index in [0.717, 1.165) is 0 Å². The summed E-state index contributed by atoms with van der Waals surface area (Å²) in [4.78, 5) is 6.99. The molecular formula is HO2PRh. The molecule has 0 atom stereocenters. The van der Waals surface area contributed by atoms with E-state index in [4.69, 9.17) is 9.46 Å². The molecule has 0 bridgehead atoms. The molecule has 0 amide bonds. The second-order valence-electron chi connectivity index (χ2n) is 0.0816. The van der Waals surface area contributed by atoms with Gasteiger partial charge < -0.3 is 4.89 Å². The monoisotopic (exact) mass is 167 g/mol. The van der Waals surface area contributed by atoms with E-state index in [1.807, 2.05) is 0 Å². The van der Waals surface area contributed by atoms with E-state index in [9.17, 15) is 0 Å². The minimum atomic E-state index is -0.833. The van der Waals surface area contributed by atoms with Crippen LogP contribution in [0.15, 0.2) is 0 Å². The molecule has 0 aromatic carbocycles. The molecular weight excluding hydrogens is 166 g/mol. The predicted molar refractivity (Wildman–Crippen MR) is 9.83 cm³/mol. The van der Waals surface area contributed by atoms with Crippen molar-refractivity contribution < 1.29 is 28.9 Å². The molecule has 0 aliphatic heterocycles. The zero-order valence-corrected chi connectivity index (χ0v) is 4.17. The molecule has 0 aliphatic rings. The summed E-state index contributed by atoms with van der Waals surface area (Å²) in [7, 11) is -0.833. The van der Waals surface area contributed by atoms with Gasteiger partial charge in [0, 0.05) is 19.5 Å². The van der Waals surface area contributed by atoms with Gasteiger partial charge in [-0.1, -0.05) is 0 Å². The molecule has 0 spiro atoms. The Morgan fingerprint density at radius 2 is 1.75 bits per heavy atom. The van der Waals surface area contributed by atoms with Gasteiger partial charge in [-0.3, -0.25) is 0 Å². The van der Waals surface area contributed by atoms with Gasteiger partial charge in [0.05, 0.1) is 0 Å². The van der Waals surface area contributed by atoms with E-state index >= 15 is 0 Å². The van der Waals surface area contributed by atoms with Crippen LogP contribution in [-0.2, 0) is 24.0 Å². The molecule has 0 heterocycles. The summed E-state index contributed by atoms with van der Waals surface area (Å²) in [5.74, 6) is 0. The first-order valence-electron chi connectivity index (χ1n) is 0.383. The van der Waals surface area contributed by atoms with Crippen LogP contribution in [-0.4, -0.2) is 4.89 Å². The van der Waals surface area contributed by atoms with E-state index in [1.165, 1.54) is 0 Å². The molecule has 0 aliphatic carbocycles. The maximum absolute atomic E-state index is 8.46. The summed E-state index contributed by atoms with van der Waals surface area (Å²) in [6.07, 6.45) is 0. The van der Waals surface area contributed by atoms with E-state index in [-0.39, 0.29) is 19.5 Å². The Labute approximate surface area is 38.3 Å². The first-order chi connectivity index (χ1) is 1.41. The first-order valence-corrected chi connectivity index (χ1v) is 1.15. The van der Waals surface area contributed by atoms with Crippen molar-refractivity contribution in [2.75, 3.05) is 0 Å². The molecule has 4 heteroatoms. The van der Waals surface area contributed by atoms with E-state index in [0.29, 0.717) is 0 Å². The van der Waals surface area contributed by atoms with Crippen molar-refractivity contribution in [2.24, 2.45) is 0 Å². The van der Waals surface area contributed by atoms with Crippen molar-refractivity contribution in [3.05, 3.63) is 0 Å². The summed E-state index contributed by atoms with van der Waals surface area (Å²) >= 11 is 0. The normalized spacial score (nSPS) is 5.25. The van der Waals surface area contributed by atoms with Gasteiger partial charge in [0.1, 0.15) is 0 Å². The molecule has 0 saturated heterocycles. The average molecular weight is 167 g/mol. The zero-order valence-electron chi connectivity index (χ0n) is 1.64. The summed E-state index contributed by atoms with van der Waals surface area (Å²) in [6.45, 7) is 0. The van der Waals surface area contributed by atoms with E-state index < -0.39 is 8.69 Å². The van der Waals surface area contributed by atoms with Crippen LogP contribution in [0.5, 0.6) is 0 Å². The van der Waals surface area contributed by atoms with Crippen LogP contribution in [0.4, 0.5) is 0 Å². The Morgan fingerprint density at radius 1 is 1.75 bits per heavy atom. The van der Waals surface area contributed by atoms with Gasteiger partial charge in [-0.2, -0.15) is 0 Å². The molecule has 0 aromatic heterocycles. The fraction of sp³-hybridized carbons (Fsp3) is 0. The standard InChI is InChI=1S/HO2P.Rh/c1-3-2;/h(H,1,2);. The maximum Gasteiger partial charge on any atom is 0.324 e. The second-order valence-corrected chi connectivity index (χ2v) is 0.245. The van der Waals surface area contributed by atoms with Crippen LogP contribution >= 0.6 is 8.69 Å². The van der Waals surface area contributed by atoms with Crippen LogP contribution < -0.4 is 0 Å². The predicted octanol–water partition coefficient (Wildman–Crippen LogP) is 0.183. The summed E-state index contributed by atoms with van der Waals surface area (Å²) < 4.78 is 8.46. The van der Waals surface area contributed by atoms with Crippen molar-refractivity contribution in [2.45, 2.75) is 0 Å². The Morgan fingerprint density at radius 3 is 1.75 bits per heavy atom. The molecule has 27 valence electrons. The minimum Gasteiger partial charge on any atom is -0.310 e. The molecule has 1 radical (unpaired) electrons. The van der Waals surface area contributed by atoms with Gasteiger partial charge in [-0.15, -0.1) is 0 Å². The molecule has 0 saturated carbocycles. The van der Waals surface area contributed by atoms with Crippen LogP contribution in [0.1, 0.15) is 0 Å². The molecule has 0 aromatic rings. The molecule has 4 heavy (non-hydrogen) atoms. The van der Waals surface area contributed by atoms with Gasteiger partial charge in [0.2, 0.25) is 0 Å². The Bertz CT molecular complexity index is 13.5. The molecule has 1 N–H and O–H groups in total. The fourth-order valence-corrected chi connectivity index (χ4v) is 0. The Balaban J connectivity index is 0. The quantitative estimate of drug-likeness (QED) is 0.412. The molecule has 0 fully saturated rings. The van der Waals surface area contributed by atoms with Crippen LogP contribution in [0, 0.1) is 0 Å². The molecule has 0 rings (SSSR count). The van der Waals surface area contributed by atoms with Crippen LogP contribution in [0.2, 0.25) is 0 Å². The largest absolute Gasteiger partial charge is 0.324 e. The summed E-state index contributed by atoms with van der Waals surface area (Å²) in [5, 5.41) is 0. The van der Waals surface area contributed by atoms with Crippen LogP contribution in [0.25, 0.3) is 0 Å². The summed E-state index contributed by atoms with van der Waals surface area (Å²) in [5.41, 5.74) is 0. The minimum absolute atomic E-state index is 0. The third-order valence-corrected chi connectivity index (χ3v) is 0. The van der Waals surface area contributed by atoms with Gasteiger partial charge in [-0.05, 0) is 0 Å². The Hall–Kier alpha value is 0.683.